The van der Waals surface area contributed by atoms with Gasteiger partial charge in [-0.05, 0) is 48.9 Å². The largest absolute Gasteiger partial charge is 0.497 e. The van der Waals surface area contributed by atoms with Gasteiger partial charge in [0.1, 0.15) is 5.75 Å². The number of nitrogens with one attached hydrogen (secondary N) is 1. The number of carbonyl (C=O) groups excluding carboxylic acids is 1. The molecule has 0 aliphatic heterocycles. The maximum Gasteiger partial charge on any atom is 0.251 e. The van der Waals surface area contributed by atoms with Crippen LogP contribution in [0.1, 0.15) is 21.5 Å². The Labute approximate surface area is 130 Å². The van der Waals surface area contributed by atoms with Gasteiger partial charge in [0, 0.05) is 18.3 Å². The van der Waals surface area contributed by atoms with Gasteiger partial charge in [-0.15, -0.1) is 0 Å². The molecule has 1 N–H and O–H groups in total. The van der Waals surface area contributed by atoms with Crippen LogP contribution >= 0.6 is 0 Å². The molecule has 2 aromatic rings. The van der Waals surface area contributed by atoms with E-state index in [0.29, 0.717) is 18.7 Å². The third-order valence-electron chi connectivity index (χ3n) is 3.20. The van der Waals surface area contributed by atoms with Crippen molar-refractivity contribution in [2.45, 2.75) is 6.92 Å². The molecule has 0 aliphatic rings. The van der Waals surface area contributed by atoms with Crippen molar-refractivity contribution in [3.8, 4) is 5.75 Å². The van der Waals surface area contributed by atoms with Crippen molar-refractivity contribution in [2.75, 3.05) is 20.2 Å². The molecule has 2 rings (SSSR count). The number of methoxy groups -OCH3 is 1. The van der Waals surface area contributed by atoms with E-state index in [0.717, 1.165) is 16.9 Å². The molecule has 0 unspecified atom stereocenters. The summed E-state index contributed by atoms with van der Waals surface area (Å²) in [4.78, 5) is 16.2. The van der Waals surface area contributed by atoms with E-state index in [-0.39, 0.29) is 5.91 Å². The summed E-state index contributed by atoms with van der Waals surface area (Å²) in [6.07, 6.45) is 1.79. The maximum absolute atomic E-state index is 11.9. The molecule has 114 valence electrons. The summed E-state index contributed by atoms with van der Waals surface area (Å²) >= 11 is 0. The Hall–Kier alpha value is -2.62. The van der Waals surface area contributed by atoms with Crippen molar-refractivity contribution in [2.24, 2.45) is 4.99 Å². The monoisotopic (exact) mass is 296 g/mol. The minimum atomic E-state index is -0.0698. The van der Waals surface area contributed by atoms with E-state index in [4.69, 9.17) is 4.74 Å². The number of nitrogens with zero attached hydrogens (tertiary/aromatic N) is 1. The summed E-state index contributed by atoms with van der Waals surface area (Å²) in [5.74, 6) is 0.752. The first-order valence-corrected chi connectivity index (χ1v) is 7.18. The molecule has 2 aromatic carbocycles. The summed E-state index contributed by atoms with van der Waals surface area (Å²) in [5.41, 5.74) is 2.82. The number of aliphatic imine (C=N–C) groups is 1. The van der Waals surface area contributed by atoms with Gasteiger partial charge in [-0.1, -0.05) is 17.7 Å². The third-order valence-corrected chi connectivity index (χ3v) is 3.20. The van der Waals surface area contributed by atoms with Crippen molar-refractivity contribution in [1.82, 2.24) is 5.32 Å². The fourth-order valence-electron chi connectivity index (χ4n) is 1.90. The highest BCUT2D eigenvalue weighted by molar-refractivity contribution is 5.94. The lowest BCUT2D eigenvalue weighted by Gasteiger charge is -2.03. The second-order valence-corrected chi connectivity index (χ2v) is 4.93. The van der Waals surface area contributed by atoms with Crippen molar-refractivity contribution < 1.29 is 9.53 Å². The lowest BCUT2D eigenvalue weighted by molar-refractivity contribution is 0.0955. The smallest absolute Gasteiger partial charge is 0.251 e. The fraction of sp³-hybridized carbons (Fsp3) is 0.222. The quantitative estimate of drug-likeness (QED) is 0.658. The van der Waals surface area contributed by atoms with Crippen LogP contribution in [0.3, 0.4) is 0 Å². The Morgan fingerprint density at radius 2 is 1.82 bits per heavy atom. The number of rotatable bonds is 6. The van der Waals surface area contributed by atoms with Crippen LogP contribution in [0.2, 0.25) is 0 Å². The molecule has 4 nitrogen and oxygen atoms in total. The number of hydrogen-bond acceptors (Lipinski definition) is 3. The molecule has 0 atom stereocenters. The molecule has 0 aliphatic carbocycles. The lowest BCUT2D eigenvalue weighted by atomic mass is 10.1. The SMILES string of the molecule is COc1ccc(C=NCCNC(=O)c2ccc(C)cc2)cc1. The van der Waals surface area contributed by atoms with Gasteiger partial charge in [-0.2, -0.15) is 0 Å². The van der Waals surface area contributed by atoms with E-state index < -0.39 is 0 Å². The number of benzene rings is 2. The number of amides is 1. The first-order chi connectivity index (χ1) is 10.7. The summed E-state index contributed by atoms with van der Waals surface area (Å²) in [5, 5.41) is 2.85. The van der Waals surface area contributed by atoms with Crippen molar-refractivity contribution in [1.29, 1.82) is 0 Å². The Morgan fingerprint density at radius 3 is 2.45 bits per heavy atom. The average molecular weight is 296 g/mol. The fourth-order valence-corrected chi connectivity index (χ4v) is 1.90. The first kappa shape index (κ1) is 15.8. The molecule has 0 heterocycles. The van der Waals surface area contributed by atoms with Crippen LogP contribution in [0.4, 0.5) is 0 Å². The standard InChI is InChI=1S/C18H20N2O2/c1-14-3-7-16(8-4-14)18(21)20-12-11-19-13-15-5-9-17(22-2)10-6-15/h3-10,13H,11-12H2,1-2H3,(H,20,21). The van der Waals surface area contributed by atoms with Crippen LogP contribution in [-0.4, -0.2) is 32.3 Å². The molecule has 1 amide bonds. The van der Waals surface area contributed by atoms with E-state index in [1.807, 2.05) is 55.5 Å². The molecule has 0 fully saturated rings. The highest BCUT2D eigenvalue weighted by Gasteiger charge is 2.02. The predicted octanol–water partition coefficient (Wildman–Crippen LogP) is 2.85. The van der Waals surface area contributed by atoms with Crippen LogP contribution in [0, 0.1) is 6.92 Å². The first-order valence-electron chi connectivity index (χ1n) is 7.18. The number of hydrogen-bond donors (Lipinski definition) is 1. The Morgan fingerprint density at radius 1 is 1.14 bits per heavy atom. The van der Waals surface area contributed by atoms with Crippen LogP contribution in [0.25, 0.3) is 0 Å². The van der Waals surface area contributed by atoms with Gasteiger partial charge in [0.15, 0.2) is 0 Å². The van der Waals surface area contributed by atoms with Gasteiger partial charge < -0.3 is 10.1 Å². The van der Waals surface area contributed by atoms with E-state index in [1.165, 1.54) is 0 Å². The topological polar surface area (TPSA) is 50.7 Å². The second kappa shape index (κ2) is 7.98. The third kappa shape index (κ3) is 4.74. The molecule has 0 spiro atoms. The summed E-state index contributed by atoms with van der Waals surface area (Å²) in [7, 11) is 1.64. The van der Waals surface area contributed by atoms with Gasteiger partial charge >= 0.3 is 0 Å². The number of aryl methyl sites for hydroxylation is 1. The highest BCUT2D eigenvalue weighted by Crippen LogP contribution is 2.09. The highest BCUT2D eigenvalue weighted by atomic mass is 16.5. The van der Waals surface area contributed by atoms with E-state index in [2.05, 4.69) is 10.3 Å². The Bertz CT molecular complexity index is 631. The zero-order chi connectivity index (χ0) is 15.8. The minimum Gasteiger partial charge on any atom is -0.497 e. The number of ether oxygens (including phenoxy) is 1. The van der Waals surface area contributed by atoms with Crippen molar-refractivity contribution in [3.05, 3.63) is 65.2 Å². The summed E-state index contributed by atoms with van der Waals surface area (Å²) in [6.45, 7) is 3.05. The minimum absolute atomic E-state index is 0.0698. The van der Waals surface area contributed by atoms with Gasteiger partial charge in [0.05, 0.1) is 13.7 Å². The Balaban J connectivity index is 1.75. The van der Waals surface area contributed by atoms with Crippen molar-refractivity contribution in [3.63, 3.8) is 0 Å². The molecule has 4 heteroatoms. The molecule has 0 aromatic heterocycles. The molecular weight excluding hydrogens is 276 g/mol. The van der Waals surface area contributed by atoms with Gasteiger partial charge in [0.25, 0.3) is 5.91 Å². The molecule has 0 bridgehead atoms. The van der Waals surface area contributed by atoms with E-state index in [9.17, 15) is 4.79 Å². The summed E-state index contributed by atoms with van der Waals surface area (Å²) < 4.78 is 5.10. The second-order valence-electron chi connectivity index (χ2n) is 4.93. The zero-order valence-corrected chi connectivity index (χ0v) is 12.9. The van der Waals surface area contributed by atoms with Crippen LogP contribution in [0.5, 0.6) is 5.75 Å². The summed E-state index contributed by atoms with van der Waals surface area (Å²) in [6, 6.07) is 15.2. The average Bonchev–Trinajstić information content (AvgIpc) is 2.55. The molecule has 0 saturated carbocycles. The van der Waals surface area contributed by atoms with Gasteiger partial charge in [-0.25, -0.2) is 0 Å². The van der Waals surface area contributed by atoms with Gasteiger partial charge in [-0.3, -0.25) is 9.79 Å². The lowest BCUT2D eigenvalue weighted by Crippen LogP contribution is -2.25. The molecular formula is C18H20N2O2. The molecule has 0 saturated heterocycles. The number of carbonyl (C=O) groups is 1. The Kier molecular flexibility index (Phi) is 5.72. The predicted molar refractivity (Wildman–Crippen MR) is 89.0 cm³/mol. The van der Waals surface area contributed by atoms with Crippen molar-refractivity contribution >= 4 is 12.1 Å². The maximum atomic E-state index is 11.9. The van der Waals surface area contributed by atoms with Crippen LogP contribution in [-0.2, 0) is 0 Å². The van der Waals surface area contributed by atoms with Crippen LogP contribution in [0.15, 0.2) is 53.5 Å². The normalized spacial score (nSPS) is 10.6. The molecule has 22 heavy (non-hydrogen) atoms. The van der Waals surface area contributed by atoms with Gasteiger partial charge in [0.2, 0.25) is 0 Å². The zero-order valence-electron chi connectivity index (χ0n) is 12.9. The van der Waals surface area contributed by atoms with E-state index in [1.54, 1.807) is 13.3 Å². The molecule has 0 radical (unpaired) electrons. The van der Waals surface area contributed by atoms with Crippen LogP contribution < -0.4 is 10.1 Å². The van der Waals surface area contributed by atoms with E-state index >= 15 is 0 Å².